The highest BCUT2D eigenvalue weighted by atomic mass is 32.1. The van der Waals surface area contributed by atoms with Crippen LogP contribution in [0.1, 0.15) is 6.92 Å². The summed E-state index contributed by atoms with van der Waals surface area (Å²) >= 11 is 5.07. The van der Waals surface area contributed by atoms with E-state index in [1.165, 1.54) is 13.2 Å². The van der Waals surface area contributed by atoms with Gasteiger partial charge in [-0.2, -0.15) is 0 Å². The Morgan fingerprint density at radius 1 is 1.28 bits per heavy atom. The molecule has 0 bridgehead atoms. The van der Waals surface area contributed by atoms with Gasteiger partial charge in [0.1, 0.15) is 0 Å². The van der Waals surface area contributed by atoms with E-state index in [9.17, 15) is 4.79 Å². The number of hydrogen-bond donors (Lipinski definition) is 3. The maximum atomic E-state index is 10.9. The van der Waals surface area contributed by atoms with E-state index in [2.05, 4.69) is 20.9 Å². The predicted octanol–water partition coefficient (Wildman–Crippen LogP) is 1.55. The molecule has 0 spiro atoms. The minimum atomic E-state index is -0.427. The van der Waals surface area contributed by atoms with Crippen molar-refractivity contribution >= 4 is 29.0 Å². The number of hydrazine groups is 1. The van der Waals surface area contributed by atoms with Crippen LogP contribution in [0.25, 0.3) is 0 Å². The van der Waals surface area contributed by atoms with E-state index in [1.54, 1.807) is 6.92 Å². The Morgan fingerprint density at radius 2 is 1.94 bits per heavy atom. The quantitative estimate of drug-likeness (QED) is 0.332. The number of nitrogens with one attached hydrogen (secondary N) is 3. The number of allylic oxidation sites excluding steroid dienone is 1. The molecule has 6 heteroatoms. The average Bonchev–Trinajstić information content (AvgIpc) is 2.37. The SMILES string of the molecule is COC(=O)C=C(C)NNC(=S)Nc1ccccc1. The smallest absolute Gasteiger partial charge is 0.332 e. The van der Waals surface area contributed by atoms with Crippen LogP contribution in [0.3, 0.4) is 0 Å². The second-order valence-electron chi connectivity index (χ2n) is 3.42. The normalized spacial score (nSPS) is 10.4. The van der Waals surface area contributed by atoms with Crippen LogP contribution in [0.2, 0.25) is 0 Å². The van der Waals surface area contributed by atoms with Gasteiger partial charge in [0.2, 0.25) is 0 Å². The van der Waals surface area contributed by atoms with Crippen molar-refractivity contribution in [3.63, 3.8) is 0 Å². The summed E-state index contributed by atoms with van der Waals surface area (Å²) in [4.78, 5) is 10.9. The Balaban J connectivity index is 2.38. The summed E-state index contributed by atoms with van der Waals surface area (Å²) < 4.78 is 4.49. The molecule has 0 atom stereocenters. The zero-order chi connectivity index (χ0) is 13.4. The molecule has 18 heavy (non-hydrogen) atoms. The molecule has 96 valence electrons. The molecule has 3 N–H and O–H groups in total. The predicted molar refractivity (Wildman–Crippen MR) is 74.7 cm³/mol. The average molecular weight is 265 g/mol. The number of benzene rings is 1. The van der Waals surface area contributed by atoms with Gasteiger partial charge in [0.15, 0.2) is 5.11 Å². The number of para-hydroxylation sites is 1. The van der Waals surface area contributed by atoms with Crippen molar-refractivity contribution in [3.05, 3.63) is 42.1 Å². The molecule has 1 rings (SSSR count). The van der Waals surface area contributed by atoms with E-state index in [-0.39, 0.29) is 0 Å². The number of methoxy groups -OCH3 is 1. The molecule has 0 aliphatic carbocycles. The summed E-state index contributed by atoms with van der Waals surface area (Å²) in [5, 5.41) is 3.38. The van der Waals surface area contributed by atoms with E-state index in [1.807, 2.05) is 30.3 Å². The van der Waals surface area contributed by atoms with Crippen LogP contribution >= 0.6 is 12.2 Å². The standard InChI is InChI=1S/C12H15N3O2S/c1-9(8-11(16)17-2)14-15-12(18)13-10-6-4-3-5-7-10/h3-8,14H,1-2H3,(H2,13,15,18). The number of carbonyl (C=O) groups excluding carboxylic acids is 1. The van der Waals surface area contributed by atoms with Crippen LogP contribution in [0.4, 0.5) is 5.69 Å². The lowest BCUT2D eigenvalue weighted by Gasteiger charge is -2.12. The first-order chi connectivity index (χ1) is 8.61. The van der Waals surface area contributed by atoms with Crippen molar-refractivity contribution in [3.8, 4) is 0 Å². The van der Waals surface area contributed by atoms with Gasteiger partial charge in [-0.15, -0.1) is 0 Å². The fourth-order valence-corrected chi connectivity index (χ4v) is 1.28. The zero-order valence-corrected chi connectivity index (χ0v) is 11.0. The summed E-state index contributed by atoms with van der Waals surface area (Å²) in [6.45, 7) is 1.72. The van der Waals surface area contributed by atoms with Crippen molar-refractivity contribution in [1.29, 1.82) is 0 Å². The molecule has 0 aliphatic rings. The highest BCUT2D eigenvalue weighted by Crippen LogP contribution is 2.03. The minimum absolute atomic E-state index is 0.402. The number of ether oxygens (including phenoxy) is 1. The monoisotopic (exact) mass is 265 g/mol. The Morgan fingerprint density at radius 3 is 2.56 bits per heavy atom. The number of rotatable bonds is 4. The topological polar surface area (TPSA) is 62.4 Å². The van der Waals surface area contributed by atoms with E-state index in [4.69, 9.17) is 12.2 Å². The van der Waals surface area contributed by atoms with E-state index in [0.29, 0.717) is 10.8 Å². The van der Waals surface area contributed by atoms with Crippen LogP contribution in [0.5, 0.6) is 0 Å². The van der Waals surface area contributed by atoms with Crippen LogP contribution in [-0.4, -0.2) is 18.2 Å². The highest BCUT2D eigenvalue weighted by Gasteiger charge is 1.98. The van der Waals surface area contributed by atoms with E-state index < -0.39 is 5.97 Å². The molecule has 0 saturated heterocycles. The van der Waals surface area contributed by atoms with Gasteiger partial charge in [-0.3, -0.25) is 5.43 Å². The molecule has 0 fully saturated rings. The van der Waals surface area contributed by atoms with Crippen molar-refractivity contribution in [1.82, 2.24) is 10.9 Å². The van der Waals surface area contributed by atoms with E-state index >= 15 is 0 Å². The number of anilines is 1. The first-order valence-electron chi connectivity index (χ1n) is 5.26. The van der Waals surface area contributed by atoms with Gasteiger partial charge in [0.05, 0.1) is 7.11 Å². The largest absolute Gasteiger partial charge is 0.466 e. The van der Waals surface area contributed by atoms with Crippen molar-refractivity contribution in [2.45, 2.75) is 6.92 Å². The molecule has 0 unspecified atom stereocenters. The lowest BCUT2D eigenvalue weighted by atomic mass is 10.3. The molecule has 1 aromatic rings. The zero-order valence-electron chi connectivity index (χ0n) is 10.2. The first-order valence-corrected chi connectivity index (χ1v) is 5.67. The van der Waals surface area contributed by atoms with Gasteiger partial charge in [-0.05, 0) is 31.3 Å². The second kappa shape index (κ2) is 7.29. The lowest BCUT2D eigenvalue weighted by molar-refractivity contribution is -0.134. The summed E-state index contributed by atoms with van der Waals surface area (Å²) in [7, 11) is 1.32. The van der Waals surface area contributed by atoms with Crippen LogP contribution < -0.4 is 16.2 Å². The van der Waals surface area contributed by atoms with E-state index in [0.717, 1.165) is 5.69 Å². The first kappa shape index (κ1) is 14.0. The molecular formula is C12H15N3O2S. The molecule has 0 aromatic heterocycles. The van der Waals surface area contributed by atoms with Gasteiger partial charge in [0.25, 0.3) is 0 Å². The van der Waals surface area contributed by atoms with Gasteiger partial charge < -0.3 is 15.5 Å². The fourth-order valence-electron chi connectivity index (χ4n) is 1.11. The van der Waals surface area contributed by atoms with Crippen LogP contribution in [0.15, 0.2) is 42.1 Å². The minimum Gasteiger partial charge on any atom is -0.466 e. The number of esters is 1. The maximum Gasteiger partial charge on any atom is 0.332 e. The lowest BCUT2D eigenvalue weighted by Crippen LogP contribution is -2.39. The van der Waals surface area contributed by atoms with Crippen molar-refractivity contribution < 1.29 is 9.53 Å². The Bertz CT molecular complexity index is 446. The molecule has 5 nitrogen and oxygen atoms in total. The molecule has 0 heterocycles. The molecular weight excluding hydrogens is 250 g/mol. The van der Waals surface area contributed by atoms with Crippen LogP contribution in [0, 0.1) is 0 Å². The van der Waals surface area contributed by atoms with Crippen molar-refractivity contribution in [2.75, 3.05) is 12.4 Å². The van der Waals surface area contributed by atoms with Gasteiger partial charge in [-0.1, -0.05) is 18.2 Å². The van der Waals surface area contributed by atoms with Crippen LogP contribution in [-0.2, 0) is 9.53 Å². The van der Waals surface area contributed by atoms with Gasteiger partial charge in [0, 0.05) is 17.5 Å². The molecule has 0 amide bonds. The fraction of sp³-hybridized carbons (Fsp3) is 0.167. The Kier molecular flexibility index (Phi) is 5.66. The third-order valence-electron chi connectivity index (χ3n) is 1.94. The van der Waals surface area contributed by atoms with Crippen molar-refractivity contribution in [2.24, 2.45) is 0 Å². The maximum absolute atomic E-state index is 10.9. The highest BCUT2D eigenvalue weighted by molar-refractivity contribution is 7.80. The molecule has 0 aliphatic heterocycles. The second-order valence-corrected chi connectivity index (χ2v) is 3.83. The summed E-state index contributed by atoms with van der Waals surface area (Å²) in [6, 6.07) is 9.51. The summed E-state index contributed by atoms with van der Waals surface area (Å²) in [5.74, 6) is -0.427. The van der Waals surface area contributed by atoms with Gasteiger partial charge in [-0.25, -0.2) is 4.79 Å². The third-order valence-corrected chi connectivity index (χ3v) is 2.14. The Hall–Kier alpha value is -2.08. The molecule has 0 saturated carbocycles. The molecule has 0 radical (unpaired) electrons. The number of carbonyl (C=O) groups is 1. The Labute approximate surface area is 111 Å². The number of hydrogen-bond acceptors (Lipinski definition) is 4. The summed E-state index contributed by atoms with van der Waals surface area (Å²) in [6.07, 6.45) is 1.32. The summed E-state index contributed by atoms with van der Waals surface area (Å²) in [5.41, 5.74) is 7.01. The molecule has 1 aromatic carbocycles. The third kappa shape index (κ3) is 5.31. The van der Waals surface area contributed by atoms with Gasteiger partial charge >= 0.3 is 5.97 Å². The number of thiocarbonyl (C=S) groups is 1.